The highest BCUT2D eigenvalue weighted by Crippen LogP contribution is 2.26. The molecule has 0 aliphatic carbocycles. The van der Waals surface area contributed by atoms with Crippen molar-refractivity contribution < 1.29 is 19.1 Å². The van der Waals surface area contributed by atoms with E-state index in [4.69, 9.17) is 4.74 Å². The topological polar surface area (TPSA) is 87.7 Å². The van der Waals surface area contributed by atoms with Gasteiger partial charge in [-0.05, 0) is 64.7 Å². The third-order valence-electron chi connectivity index (χ3n) is 4.86. The summed E-state index contributed by atoms with van der Waals surface area (Å²) < 4.78 is 5.23. The Morgan fingerprint density at radius 1 is 1.17 bits per heavy atom. The lowest BCUT2D eigenvalue weighted by atomic mass is 9.95. The molecular formula is C23H37N3O4. The first-order chi connectivity index (χ1) is 13.9. The highest BCUT2D eigenvalue weighted by Gasteiger charge is 2.33. The Kier molecular flexibility index (Phi) is 9.33. The van der Waals surface area contributed by atoms with Gasteiger partial charge in [-0.2, -0.15) is 0 Å². The number of unbranched alkanes of at least 4 members (excludes halogenated alkanes) is 1. The molecule has 1 aromatic rings. The molecule has 7 heteroatoms. The van der Waals surface area contributed by atoms with Crippen LogP contribution in [0.25, 0.3) is 0 Å². The Morgan fingerprint density at radius 2 is 1.80 bits per heavy atom. The molecule has 0 heterocycles. The number of carbonyl (C=O) groups is 3. The first-order valence-electron chi connectivity index (χ1n) is 10.5. The van der Waals surface area contributed by atoms with E-state index >= 15 is 0 Å². The van der Waals surface area contributed by atoms with E-state index in [1.54, 1.807) is 34.7 Å². The van der Waals surface area contributed by atoms with E-state index in [0.717, 1.165) is 29.5 Å². The number of amides is 3. The first kappa shape index (κ1) is 25.5. The van der Waals surface area contributed by atoms with Crippen LogP contribution >= 0.6 is 0 Å². The van der Waals surface area contributed by atoms with Crippen LogP contribution in [0.2, 0.25) is 0 Å². The smallest absolute Gasteiger partial charge is 0.408 e. The van der Waals surface area contributed by atoms with Crippen molar-refractivity contribution >= 4 is 17.9 Å². The second-order valence-electron chi connectivity index (χ2n) is 8.65. The number of likely N-dealkylation sites (N-methyl/N-ethyl adjacent to an activating group) is 1. The fraction of sp³-hybridized carbons (Fsp3) is 0.609. The number of nitrogens with one attached hydrogen (secondary N) is 2. The maximum Gasteiger partial charge on any atom is 0.408 e. The third kappa shape index (κ3) is 7.35. The summed E-state index contributed by atoms with van der Waals surface area (Å²) in [6.07, 6.45) is 1.15. The summed E-state index contributed by atoms with van der Waals surface area (Å²) in [7, 11) is 1.58. The minimum absolute atomic E-state index is 0.238. The number of alkyl carbamates (subject to hydrolysis) is 1. The minimum atomic E-state index is -0.846. The number of rotatable bonds is 8. The zero-order valence-corrected chi connectivity index (χ0v) is 19.6. The monoisotopic (exact) mass is 419 g/mol. The van der Waals surface area contributed by atoms with Crippen LogP contribution in [0.1, 0.15) is 70.2 Å². The van der Waals surface area contributed by atoms with Gasteiger partial charge in [0.05, 0.1) is 0 Å². The molecule has 2 unspecified atom stereocenters. The van der Waals surface area contributed by atoms with E-state index in [2.05, 4.69) is 10.6 Å². The van der Waals surface area contributed by atoms with E-state index in [-0.39, 0.29) is 11.8 Å². The van der Waals surface area contributed by atoms with Gasteiger partial charge in [0.25, 0.3) is 0 Å². The predicted molar refractivity (Wildman–Crippen MR) is 118 cm³/mol. The highest BCUT2D eigenvalue weighted by atomic mass is 16.6. The molecule has 30 heavy (non-hydrogen) atoms. The van der Waals surface area contributed by atoms with E-state index in [9.17, 15) is 14.4 Å². The summed E-state index contributed by atoms with van der Waals surface area (Å²) in [4.78, 5) is 39.6. The van der Waals surface area contributed by atoms with Gasteiger partial charge in [0.2, 0.25) is 11.8 Å². The van der Waals surface area contributed by atoms with Gasteiger partial charge in [0, 0.05) is 13.6 Å². The average Bonchev–Trinajstić information content (AvgIpc) is 2.63. The number of ether oxygens (including phenoxy) is 1. The van der Waals surface area contributed by atoms with E-state index in [0.29, 0.717) is 6.54 Å². The molecule has 2 atom stereocenters. The quantitative estimate of drug-likeness (QED) is 0.630. The molecular weight excluding hydrogens is 382 g/mol. The lowest BCUT2D eigenvalue weighted by Gasteiger charge is -2.31. The van der Waals surface area contributed by atoms with Gasteiger partial charge < -0.3 is 20.3 Å². The molecule has 0 aliphatic rings. The molecule has 0 spiro atoms. The average molecular weight is 420 g/mol. The second-order valence-corrected chi connectivity index (χ2v) is 8.65. The van der Waals surface area contributed by atoms with E-state index in [1.807, 2.05) is 39.0 Å². The number of hydrogen-bond acceptors (Lipinski definition) is 4. The number of nitrogens with zero attached hydrogens (tertiary/aromatic N) is 1. The Balaban J connectivity index is 3.10. The number of carbonyl (C=O) groups excluding carboxylic acids is 3. The zero-order valence-electron chi connectivity index (χ0n) is 19.6. The lowest BCUT2D eigenvalue weighted by molar-refractivity contribution is -0.140. The first-order valence-corrected chi connectivity index (χ1v) is 10.5. The molecule has 0 radical (unpaired) electrons. The Morgan fingerprint density at radius 3 is 2.37 bits per heavy atom. The summed E-state index contributed by atoms with van der Waals surface area (Å²) in [6, 6.07) is 4.07. The van der Waals surface area contributed by atoms with E-state index < -0.39 is 23.8 Å². The Hall–Kier alpha value is -2.57. The standard InChI is InChI=1S/C23H37N3O4/c1-9-10-14-24-20(27)19(18-13-11-12-15(2)16(18)3)26(8)21(28)17(4)25-22(29)30-23(5,6)7/h11-13,17,19H,9-10,14H2,1-8H3,(H,24,27)(H,25,29). The SMILES string of the molecule is CCCCNC(=O)C(c1cccc(C)c1C)N(C)C(=O)C(C)NC(=O)OC(C)(C)C. The molecule has 0 saturated carbocycles. The molecule has 0 aromatic heterocycles. The van der Waals surface area contributed by atoms with Crippen LogP contribution < -0.4 is 10.6 Å². The highest BCUT2D eigenvalue weighted by molar-refractivity contribution is 5.92. The molecule has 1 aromatic carbocycles. The van der Waals surface area contributed by atoms with Crippen molar-refractivity contribution in [3.63, 3.8) is 0 Å². The lowest BCUT2D eigenvalue weighted by Crippen LogP contribution is -2.50. The predicted octanol–water partition coefficient (Wildman–Crippen LogP) is 3.63. The normalized spacial score (nSPS) is 13.2. The van der Waals surface area contributed by atoms with Gasteiger partial charge >= 0.3 is 6.09 Å². The van der Waals surface area contributed by atoms with Crippen LogP contribution in [0.15, 0.2) is 18.2 Å². The molecule has 0 fully saturated rings. The molecule has 168 valence electrons. The summed E-state index contributed by atoms with van der Waals surface area (Å²) in [5.74, 6) is -0.616. The number of hydrogen-bond donors (Lipinski definition) is 2. The van der Waals surface area contributed by atoms with Crippen molar-refractivity contribution in [2.24, 2.45) is 0 Å². The fourth-order valence-corrected chi connectivity index (χ4v) is 3.06. The van der Waals surface area contributed by atoms with Crippen LogP contribution in [0.4, 0.5) is 4.79 Å². The van der Waals surface area contributed by atoms with Gasteiger partial charge in [-0.3, -0.25) is 9.59 Å². The van der Waals surface area contributed by atoms with Crippen molar-refractivity contribution in [3.8, 4) is 0 Å². The zero-order chi connectivity index (χ0) is 23.1. The second kappa shape index (κ2) is 11.0. The summed E-state index contributed by atoms with van der Waals surface area (Å²) >= 11 is 0. The largest absolute Gasteiger partial charge is 0.444 e. The Labute approximate surface area is 180 Å². The maximum absolute atomic E-state index is 13.1. The van der Waals surface area contributed by atoms with Gasteiger partial charge in [-0.15, -0.1) is 0 Å². The Bertz CT molecular complexity index is 755. The molecule has 0 bridgehead atoms. The third-order valence-corrected chi connectivity index (χ3v) is 4.86. The molecule has 0 saturated heterocycles. The summed E-state index contributed by atoms with van der Waals surface area (Å²) in [5, 5.41) is 5.49. The van der Waals surface area contributed by atoms with Crippen molar-refractivity contribution in [1.29, 1.82) is 0 Å². The van der Waals surface area contributed by atoms with Gasteiger partial charge in [-0.1, -0.05) is 31.5 Å². The van der Waals surface area contributed by atoms with Crippen LogP contribution in [-0.4, -0.2) is 48.0 Å². The number of benzene rings is 1. The van der Waals surface area contributed by atoms with Crippen LogP contribution in [-0.2, 0) is 14.3 Å². The van der Waals surface area contributed by atoms with Gasteiger partial charge in [-0.25, -0.2) is 4.79 Å². The van der Waals surface area contributed by atoms with Crippen LogP contribution in [0, 0.1) is 13.8 Å². The van der Waals surface area contributed by atoms with E-state index in [1.165, 1.54) is 4.90 Å². The van der Waals surface area contributed by atoms with Crippen molar-refractivity contribution in [1.82, 2.24) is 15.5 Å². The van der Waals surface area contributed by atoms with Gasteiger partial charge in [0.15, 0.2) is 0 Å². The van der Waals surface area contributed by atoms with Crippen molar-refractivity contribution in [3.05, 3.63) is 34.9 Å². The van der Waals surface area contributed by atoms with Crippen molar-refractivity contribution in [2.75, 3.05) is 13.6 Å². The maximum atomic E-state index is 13.1. The van der Waals surface area contributed by atoms with Crippen LogP contribution in [0.5, 0.6) is 0 Å². The van der Waals surface area contributed by atoms with Crippen LogP contribution in [0.3, 0.4) is 0 Å². The summed E-state index contributed by atoms with van der Waals surface area (Å²) in [5.41, 5.74) is 2.10. The minimum Gasteiger partial charge on any atom is -0.444 e. The molecule has 3 amide bonds. The molecule has 1 rings (SSSR count). The molecule has 7 nitrogen and oxygen atoms in total. The fourth-order valence-electron chi connectivity index (χ4n) is 3.06. The van der Waals surface area contributed by atoms with Gasteiger partial charge in [0.1, 0.15) is 17.7 Å². The summed E-state index contributed by atoms with van der Waals surface area (Å²) in [6.45, 7) is 13.3. The molecule has 2 N–H and O–H groups in total. The number of aryl methyl sites for hydroxylation is 1. The van der Waals surface area contributed by atoms with Crippen molar-refractivity contribution in [2.45, 2.75) is 79.0 Å². The molecule has 0 aliphatic heterocycles.